The molecule has 0 bridgehead atoms. The van der Waals surface area contributed by atoms with Gasteiger partial charge in [-0.2, -0.15) is 0 Å². The Labute approximate surface area is 190 Å². The maximum Gasteiger partial charge on any atom is 0.203 e. The van der Waals surface area contributed by atoms with E-state index in [1.54, 1.807) is 28.4 Å². The standard InChI is InChI=1S/C24H34N2O6/c1-28-21-7-5-19(6-8-21)26-11-9-25(10-12-26)15-20(27)17-32-16-18-13-22(29-2)24(31-4)23(14-18)30-3/h5-8,13-14,20,27H,9-12,15-17H2,1-4H3/t20-/m0/s1. The van der Waals surface area contributed by atoms with Crippen LogP contribution in [-0.2, 0) is 11.3 Å². The van der Waals surface area contributed by atoms with Gasteiger partial charge in [0.05, 0.1) is 47.8 Å². The van der Waals surface area contributed by atoms with E-state index in [1.807, 2.05) is 24.3 Å². The summed E-state index contributed by atoms with van der Waals surface area (Å²) in [6.07, 6.45) is -0.551. The Morgan fingerprint density at radius 3 is 2.00 bits per heavy atom. The largest absolute Gasteiger partial charge is 0.497 e. The lowest BCUT2D eigenvalue weighted by molar-refractivity contribution is 0.00905. The van der Waals surface area contributed by atoms with Crippen molar-refractivity contribution in [2.45, 2.75) is 12.7 Å². The molecule has 1 atom stereocenters. The van der Waals surface area contributed by atoms with Crippen molar-refractivity contribution in [3.8, 4) is 23.0 Å². The van der Waals surface area contributed by atoms with E-state index in [1.165, 1.54) is 5.69 Å². The molecule has 0 aromatic heterocycles. The zero-order chi connectivity index (χ0) is 22.9. The number of nitrogens with zero attached hydrogens (tertiary/aromatic N) is 2. The number of ether oxygens (including phenoxy) is 5. The zero-order valence-corrected chi connectivity index (χ0v) is 19.4. The Balaban J connectivity index is 1.42. The summed E-state index contributed by atoms with van der Waals surface area (Å²) in [5, 5.41) is 10.4. The first-order valence-corrected chi connectivity index (χ1v) is 10.7. The molecule has 1 fully saturated rings. The van der Waals surface area contributed by atoms with E-state index in [-0.39, 0.29) is 6.61 Å². The number of piperazine rings is 1. The third-order valence-corrected chi connectivity index (χ3v) is 5.58. The number of rotatable bonds is 11. The lowest BCUT2D eigenvalue weighted by Gasteiger charge is -2.36. The molecule has 0 radical (unpaired) electrons. The molecule has 0 spiro atoms. The fourth-order valence-corrected chi connectivity index (χ4v) is 3.86. The van der Waals surface area contributed by atoms with Crippen LogP contribution in [0.15, 0.2) is 36.4 Å². The van der Waals surface area contributed by atoms with Crippen LogP contribution in [0.3, 0.4) is 0 Å². The molecule has 0 unspecified atom stereocenters. The van der Waals surface area contributed by atoms with Crippen LogP contribution in [0, 0.1) is 0 Å². The van der Waals surface area contributed by atoms with E-state index in [4.69, 9.17) is 23.7 Å². The normalized spacial score (nSPS) is 15.3. The fraction of sp³-hybridized carbons (Fsp3) is 0.500. The molecular weight excluding hydrogens is 412 g/mol. The fourth-order valence-electron chi connectivity index (χ4n) is 3.86. The predicted octanol–water partition coefficient (Wildman–Crippen LogP) is 2.42. The van der Waals surface area contributed by atoms with Crippen molar-refractivity contribution in [1.82, 2.24) is 4.90 Å². The van der Waals surface area contributed by atoms with Crippen LogP contribution in [0.4, 0.5) is 5.69 Å². The zero-order valence-electron chi connectivity index (χ0n) is 19.4. The van der Waals surface area contributed by atoms with Gasteiger partial charge in [-0.15, -0.1) is 0 Å². The molecule has 8 nitrogen and oxygen atoms in total. The van der Waals surface area contributed by atoms with Gasteiger partial charge in [0.2, 0.25) is 5.75 Å². The first kappa shape index (κ1) is 24.0. The summed E-state index contributed by atoms with van der Waals surface area (Å²) in [5.41, 5.74) is 2.08. The maximum atomic E-state index is 10.4. The Bertz CT molecular complexity index is 812. The van der Waals surface area contributed by atoms with Crippen molar-refractivity contribution in [2.75, 3.05) is 72.7 Å². The minimum absolute atomic E-state index is 0.259. The molecule has 2 aromatic rings. The van der Waals surface area contributed by atoms with Gasteiger partial charge in [0.25, 0.3) is 0 Å². The SMILES string of the molecule is COc1ccc(N2CCN(C[C@H](O)COCc3cc(OC)c(OC)c(OC)c3)CC2)cc1. The van der Waals surface area contributed by atoms with Gasteiger partial charge in [-0.3, -0.25) is 4.90 Å². The second-order valence-electron chi connectivity index (χ2n) is 7.69. The summed E-state index contributed by atoms with van der Waals surface area (Å²) in [6.45, 7) is 4.84. The van der Waals surface area contributed by atoms with Gasteiger partial charge < -0.3 is 33.7 Å². The Hall–Kier alpha value is -2.68. The van der Waals surface area contributed by atoms with Crippen LogP contribution >= 0.6 is 0 Å². The van der Waals surface area contributed by atoms with Gasteiger partial charge in [0.15, 0.2) is 11.5 Å². The summed E-state index contributed by atoms with van der Waals surface area (Å²) in [7, 11) is 6.41. The Morgan fingerprint density at radius 1 is 0.844 bits per heavy atom. The summed E-state index contributed by atoms with van der Waals surface area (Å²) < 4.78 is 27.1. The molecule has 8 heteroatoms. The molecule has 1 heterocycles. The number of hydrogen-bond acceptors (Lipinski definition) is 8. The topological polar surface area (TPSA) is 72.9 Å². The average molecular weight is 447 g/mol. The minimum Gasteiger partial charge on any atom is -0.497 e. The van der Waals surface area contributed by atoms with Crippen LogP contribution in [0.25, 0.3) is 0 Å². The lowest BCUT2D eigenvalue weighted by Crippen LogP contribution is -2.49. The molecule has 1 aliphatic rings. The Kier molecular flexibility index (Phi) is 8.84. The van der Waals surface area contributed by atoms with Gasteiger partial charge in [-0.25, -0.2) is 0 Å². The van der Waals surface area contributed by atoms with E-state index in [0.717, 1.165) is 37.5 Å². The molecule has 0 aliphatic carbocycles. The average Bonchev–Trinajstić information content (AvgIpc) is 2.83. The summed E-state index contributed by atoms with van der Waals surface area (Å²) in [6, 6.07) is 11.8. The number of aliphatic hydroxyl groups excluding tert-OH is 1. The van der Waals surface area contributed by atoms with Crippen molar-refractivity contribution in [3.63, 3.8) is 0 Å². The number of hydrogen-bond donors (Lipinski definition) is 1. The molecule has 176 valence electrons. The van der Waals surface area contributed by atoms with E-state index in [2.05, 4.69) is 21.9 Å². The van der Waals surface area contributed by atoms with Crippen LogP contribution in [0.5, 0.6) is 23.0 Å². The lowest BCUT2D eigenvalue weighted by atomic mass is 10.2. The maximum absolute atomic E-state index is 10.4. The van der Waals surface area contributed by atoms with Crippen LogP contribution in [0.2, 0.25) is 0 Å². The quantitative estimate of drug-likeness (QED) is 0.564. The highest BCUT2D eigenvalue weighted by atomic mass is 16.5. The second kappa shape index (κ2) is 11.8. The van der Waals surface area contributed by atoms with Gasteiger partial charge in [0, 0.05) is 38.4 Å². The molecule has 1 saturated heterocycles. The van der Waals surface area contributed by atoms with E-state index in [0.29, 0.717) is 30.4 Å². The number of aliphatic hydroxyl groups is 1. The number of methoxy groups -OCH3 is 4. The summed E-state index contributed by atoms with van der Waals surface area (Å²) >= 11 is 0. The monoisotopic (exact) mass is 446 g/mol. The van der Waals surface area contributed by atoms with E-state index in [9.17, 15) is 5.11 Å². The first-order valence-electron chi connectivity index (χ1n) is 10.7. The number of β-amino-alcohol motifs (C(OH)–C–C–N with tert-alkyl or cyclic N) is 1. The highest BCUT2D eigenvalue weighted by Crippen LogP contribution is 2.38. The minimum atomic E-state index is -0.551. The van der Waals surface area contributed by atoms with Gasteiger partial charge in [0.1, 0.15) is 5.75 Å². The van der Waals surface area contributed by atoms with Crippen molar-refractivity contribution in [2.24, 2.45) is 0 Å². The second-order valence-corrected chi connectivity index (χ2v) is 7.69. The van der Waals surface area contributed by atoms with Gasteiger partial charge in [-0.1, -0.05) is 0 Å². The van der Waals surface area contributed by atoms with Crippen molar-refractivity contribution < 1.29 is 28.8 Å². The van der Waals surface area contributed by atoms with E-state index >= 15 is 0 Å². The third kappa shape index (κ3) is 6.18. The number of anilines is 1. The molecule has 3 rings (SSSR count). The molecule has 2 aromatic carbocycles. The first-order chi connectivity index (χ1) is 15.6. The molecular formula is C24H34N2O6. The van der Waals surface area contributed by atoms with Crippen LogP contribution in [0.1, 0.15) is 5.56 Å². The molecule has 1 aliphatic heterocycles. The Morgan fingerprint density at radius 2 is 1.47 bits per heavy atom. The smallest absolute Gasteiger partial charge is 0.203 e. The number of benzene rings is 2. The molecule has 0 amide bonds. The van der Waals surface area contributed by atoms with Crippen molar-refractivity contribution >= 4 is 5.69 Å². The molecule has 0 saturated carbocycles. The summed E-state index contributed by atoms with van der Waals surface area (Å²) in [5.74, 6) is 2.58. The highest BCUT2D eigenvalue weighted by molar-refractivity contribution is 5.53. The van der Waals surface area contributed by atoms with Gasteiger partial charge >= 0.3 is 0 Å². The predicted molar refractivity (Wildman–Crippen MR) is 123 cm³/mol. The van der Waals surface area contributed by atoms with Crippen molar-refractivity contribution in [3.05, 3.63) is 42.0 Å². The molecule has 1 N–H and O–H groups in total. The van der Waals surface area contributed by atoms with Gasteiger partial charge in [-0.05, 0) is 42.0 Å². The molecule has 32 heavy (non-hydrogen) atoms. The van der Waals surface area contributed by atoms with Crippen molar-refractivity contribution in [1.29, 1.82) is 0 Å². The summed E-state index contributed by atoms with van der Waals surface area (Å²) in [4.78, 5) is 4.62. The van der Waals surface area contributed by atoms with Crippen LogP contribution < -0.4 is 23.8 Å². The van der Waals surface area contributed by atoms with E-state index < -0.39 is 6.10 Å². The van der Waals surface area contributed by atoms with Crippen LogP contribution in [-0.4, -0.2) is 83.9 Å². The highest BCUT2D eigenvalue weighted by Gasteiger charge is 2.20. The third-order valence-electron chi connectivity index (χ3n) is 5.58.